The van der Waals surface area contributed by atoms with Crippen LogP contribution in [0.2, 0.25) is 0 Å². The first-order chi connectivity index (χ1) is 15.6. The zero-order chi connectivity index (χ0) is 23.6. The molecule has 0 radical (unpaired) electrons. The van der Waals surface area contributed by atoms with Gasteiger partial charge in [-0.15, -0.1) is 0 Å². The SMILES string of the molecule is CCCCN(CCCC)COC(=O)c1ccccc1C(=O)OCN(CCCC)CCCC. The van der Waals surface area contributed by atoms with Crippen LogP contribution in [0.1, 0.15) is 99.8 Å². The number of rotatable bonds is 18. The fraction of sp³-hybridized carbons (Fsp3) is 0.692. The predicted molar refractivity (Wildman–Crippen MR) is 130 cm³/mol. The van der Waals surface area contributed by atoms with E-state index in [1.807, 2.05) is 0 Å². The van der Waals surface area contributed by atoms with Gasteiger partial charge in [0.05, 0.1) is 11.1 Å². The molecule has 1 rings (SSSR count). The van der Waals surface area contributed by atoms with Gasteiger partial charge in [-0.2, -0.15) is 0 Å². The molecule has 0 N–H and O–H groups in total. The molecule has 0 bridgehead atoms. The minimum absolute atomic E-state index is 0.240. The molecule has 6 nitrogen and oxygen atoms in total. The van der Waals surface area contributed by atoms with Crippen LogP contribution >= 0.6 is 0 Å². The molecule has 6 heteroatoms. The van der Waals surface area contributed by atoms with E-state index in [1.165, 1.54) is 0 Å². The fourth-order valence-electron chi connectivity index (χ4n) is 3.30. The summed E-state index contributed by atoms with van der Waals surface area (Å²) >= 11 is 0. The number of hydrogen-bond donors (Lipinski definition) is 0. The van der Waals surface area contributed by atoms with Gasteiger partial charge in [-0.3, -0.25) is 9.80 Å². The topological polar surface area (TPSA) is 59.1 Å². The number of carbonyl (C=O) groups is 2. The molecule has 1 aromatic carbocycles. The van der Waals surface area contributed by atoms with Gasteiger partial charge in [-0.25, -0.2) is 9.59 Å². The average molecular weight is 449 g/mol. The molecule has 0 fully saturated rings. The van der Waals surface area contributed by atoms with Crippen molar-refractivity contribution in [3.05, 3.63) is 35.4 Å². The molecule has 0 unspecified atom stereocenters. The Bertz CT molecular complexity index is 579. The first kappa shape index (κ1) is 28.1. The lowest BCUT2D eigenvalue weighted by Crippen LogP contribution is -2.31. The highest BCUT2D eigenvalue weighted by atomic mass is 16.6. The van der Waals surface area contributed by atoms with Gasteiger partial charge in [0.15, 0.2) is 0 Å². The van der Waals surface area contributed by atoms with E-state index in [9.17, 15) is 9.59 Å². The van der Waals surface area contributed by atoms with E-state index >= 15 is 0 Å². The predicted octanol–water partition coefficient (Wildman–Crippen LogP) is 5.72. The lowest BCUT2D eigenvalue weighted by molar-refractivity contribution is 0.0166. The maximum absolute atomic E-state index is 12.8. The largest absolute Gasteiger partial charge is 0.446 e. The van der Waals surface area contributed by atoms with Crippen LogP contribution in [0.4, 0.5) is 0 Å². The molecule has 0 aliphatic rings. The molecule has 0 spiro atoms. The van der Waals surface area contributed by atoms with Crippen LogP contribution in [0, 0.1) is 0 Å². The summed E-state index contributed by atoms with van der Waals surface area (Å²) in [7, 11) is 0. The lowest BCUT2D eigenvalue weighted by Gasteiger charge is -2.22. The monoisotopic (exact) mass is 448 g/mol. The number of hydrogen-bond acceptors (Lipinski definition) is 6. The van der Waals surface area contributed by atoms with Crippen LogP contribution < -0.4 is 0 Å². The van der Waals surface area contributed by atoms with E-state index in [1.54, 1.807) is 24.3 Å². The van der Waals surface area contributed by atoms with Crippen LogP contribution in [0.3, 0.4) is 0 Å². The molecule has 0 heterocycles. The second kappa shape index (κ2) is 17.6. The van der Waals surface area contributed by atoms with Crippen molar-refractivity contribution in [1.29, 1.82) is 0 Å². The summed E-state index contributed by atoms with van der Waals surface area (Å²) in [6.07, 6.45) is 8.65. The van der Waals surface area contributed by atoms with Crippen molar-refractivity contribution in [1.82, 2.24) is 9.80 Å². The van der Waals surface area contributed by atoms with Gasteiger partial charge in [0.2, 0.25) is 0 Å². The zero-order valence-corrected chi connectivity index (χ0v) is 20.7. The number of unbranched alkanes of at least 4 members (excludes halogenated alkanes) is 4. The van der Waals surface area contributed by atoms with E-state index in [-0.39, 0.29) is 24.6 Å². The zero-order valence-electron chi connectivity index (χ0n) is 20.7. The van der Waals surface area contributed by atoms with Crippen LogP contribution in [0.5, 0.6) is 0 Å². The van der Waals surface area contributed by atoms with E-state index in [4.69, 9.17) is 9.47 Å². The summed E-state index contributed by atoms with van der Waals surface area (Å²) in [6, 6.07) is 6.75. The van der Waals surface area contributed by atoms with Crippen molar-refractivity contribution in [2.45, 2.75) is 79.1 Å². The number of nitrogens with zero attached hydrogens (tertiary/aromatic N) is 2. The molecule has 0 aliphatic heterocycles. The summed E-state index contributed by atoms with van der Waals surface area (Å²) in [5.74, 6) is -0.964. The van der Waals surface area contributed by atoms with Gasteiger partial charge in [0, 0.05) is 26.2 Å². The molecule has 0 aliphatic carbocycles. The van der Waals surface area contributed by atoms with E-state index in [0.717, 1.165) is 77.5 Å². The Hall–Kier alpha value is -1.92. The minimum Gasteiger partial charge on any atom is -0.446 e. The van der Waals surface area contributed by atoms with Gasteiger partial charge in [-0.05, 0) is 37.8 Å². The highest BCUT2D eigenvalue weighted by Gasteiger charge is 2.20. The molecule has 32 heavy (non-hydrogen) atoms. The highest BCUT2D eigenvalue weighted by Crippen LogP contribution is 2.13. The van der Waals surface area contributed by atoms with Crippen molar-refractivity contribution >= 4 is 11.9 Å². The van der Waals surface area contributed by atoms with E-state index in [0.29, 0.717) is 0 Å². The van der Waals surface area contributed by atoms with Crippen LogP contribution in [0.25, 0.3) is 0 Å². The first-order valence-electron chi connectivity index (χ1n) is 12.4. The molecule has 182 valence electrons. The van der Waals surface area contributed by atoms with Gasteiger partial charge in [0.1, 0.15) is 13.5 Å². The van der Waals surface area contributed by atoms with Gasteiger partial charge < -0.3 is 9.47 Å². The van der Waals surface area contributed by atoms with Gasteiger partial charge in [-0.1, -0.05) is 65.5 Å². The Morgan fingerprint density at radius 2 is 0.938 bits per heavy atom. The highest BCUT2D eigenvalue weighted by molar-refractivity contribution is 6.03. The molecule has 0 saturated heterocycles. The molecular formula is C26H44N2O4. The van der Waals surface area contributed by atoms with Crippen LogP contribution in [-0.2, 0) is 9.47 Å². The quantitative estimate of drug-likeness (QED) is 0.211. The second-order valence-corrected chi connectivity index (χ2v) is 8.32. The third kappa shape index (κ3) is 11.1. The Kier molecular flexibility index (Phi) is 15.5. The first-order valence-corrected chi connectivity index (χ1v) is 12.4. The maximum atomic E-state index is 12.8. The molecular weight excluding hydrogens is 404 g/mol. The molecule has 0 atom stereocenters. The molecule has 0 aromatic heterocycles. The molecule has 0 amide bonds. The Morgan fingerprint density at radius 1 is 0.625 bits per heavy atom. The van der Waals surface area contributed by atoms with Crippen LogP contribution in [-0.4, -0.2) is 61.4 Å². The van der Waals surface area contributed by atoms with Crippen LogP contribution in [0.15, 0.2) is 24.3 Å². The Morgan fingerprint density at radius 3 is 1.22 bits per heavy atom. The van der Waals surface area contributed by atoms with E-state index < -0.39 is 11.9 Å². The van der Waals surface area contributed by atoms with Crippen molar-refractivity contribution < 1.29 is 19.1 Å². The van der Waals surface area contributed by atoms with E-state index in [2.05, 4.69) is 37.5 Å². The summed E-state index contributed by atoms with van der Waals surface area (Å²) in [5.41, 5.74) is 0.522. The number of ether oxygens (including phenoxy) is 2. The molecule has 0 saturated carbocycles. The summed E-state index contributed by atoms with van der Waals surface area (Å²) in [6.45, 7) is 12.7. The minimum atomic E-state index is -0.482. The Labute approximate surface area is 195 Å². The third-order valence-electron chi connectivity index (χ3n) is 5.43. The number of esters is 2. The normalized spacial score (nSPS) is 11.2. The maximum Gasteiger partial charge on any atom is 0.340 e. The lowest BCUT2D eigenvalue weighted by atomic mass is 10.1. The van der Waals surface area contributed by atoms with Crippen molar-refractivity contribution in [2.75, 3.05) is 39.6 Å². The second-order valence-electron chi connectivity index (χ2n) is 8.32. The standard InChI is InChI=1S/C26H44N2O4/c1-5-9-17-27(18-10-6-2)21-31-25(29)23-15-13-14-16-24(23)26(30)32-22-28(19-11-7-3)20-12-8-4/h13-16H,5-12,17-22H2,1-4H3. The molecule has 1 aromatic rings. The average Bonchev–Trinajstić information content (AvgIpc) is 2.82. The number of benzene rings is 1. The van der Waals surface area contributed by atoms with Crippen molar-refractivity contribution in [2.24, 2.45) is 0 Å². The third-order valence-corrected chi connectivity index (χ3v) is 5.43. The summed E-state index contributed by atoms with van der Waals surface area (Å²) in [5, 5.41) is 0. The number of carbonyl (C=O) groups excluding carboxylic acids is 2. The van der Waals surface area contributed by atoms with Crippen molar-refractivity contribution in [3.8, 4) is 0 Å². The summed E-state index contributed by atoms with van der Waals surface area (Å²) < 4.78 is 11.2. The fourth-order valence-corrected chi connectivity index (χ4v) is 3.30. The van der Waals surface area contributed by atoms with Gasteiger partial charge >= 0.3 is 11.9 Å². The van der Waals surface area contributed by atoms with Gasteiger partial charge in [0.25, 0.3) is 0 Å². The van der Waals surface area contributed by atoms with Crippen molar-refractivity contribution in [3.63, 3.8) is 0 Å². The summed E-state index contributed by atoms with van der Waals surface area (Å²) in [4.78, 5) is 29.9. The smallest absolute Gasteiger partial charge is 0.340 e. The Balaban J connectivity index is 2.73.